The summed E-state index contributed by atoms with van der Waals surface area (Å²) in [6, 6.07) is 0. The number of amides is 2. The Morgan fingerprint density at radius 1 is 1.26 bits per heavy atom. The number of nitrogens with one attached hydrogen (secondary N) is 2. The van der Waals surface area contributed by atoms with Gasteiger partial charge in [0.15, 0.2) is 0 Å². The maximum Gasteiger partial charge on any atom is 0.323 e. The van der Waals surface area contributed by atoms with Gasteiger partial charge in [-0.15, -0.1) is 11.8 Å². The molecule has 1 rings (SSSR count). The Kier molecular flexibility index (Phi) is 38.2. The van der Waals surface area contributed by atoms with Gasteiger partial charge in [-0.05, 0) is 25.3 Å². The van der Waals surface area contributed by atoms with Gasteiger partial charge in [0.05, 0.1) is 6.54 Å². The summed E-state index contributed by atoms with van der Waals surface area (Å²) in [4.78, 5) is 40.7. The van der Waals surface area contributed by atoms with Gasteiger partial charge in [-0.3, -0.25) is 9.59 Å². The molecule has 202 valence electrons. The van der Waals surface area contributed by atoms with Crippen LogP contribution in [0.1, 0.15) is 59.8 Å². The minimum absolute atomic E-state index is 0. The predicted molar refractivity (Wildman–Crippen MR) is 137 cm³/mol. The van der Waals surface area contributed by atoms with Crippen LogP contribution in [0.3, 0.4) is 0 Å². The van der Waals surface area contributed by atoms with Crippen molar-refractivity contribution in [2.24, 2.45) is 5.73 Å². The van der Waals surface area contributed by atoms with E-state index in [1.165, 1.54) is 26.2 Å². The number of rotatable bonds is 13. The van der Waals surface area contributed by atoms with Gasteiger partial charge in [0.2, 0.25) is 5.91 Å². The molecule has 0 heterocycles. The molecule has 4 N–H and O–H groups in total. The number of thioether (sulfide) groups is 1. The summed E-state index contributed by atoms with van der Waals surface area (Å²) in [5, 5.41) is 5.00. The van der Waals surface area contributed by atoms with Crippen LogP contribution in [0.5, 0.6) is 0 Å². The second kappa shape index (κ2) is 34.2. The second-order valence-corrected chi connectivity index (χ2v) is 7.19. The van der Waals surface area contributed by atoms with Crippen LogP contribution in [-0.4, -0.2) is 55.9 Å². The molecule has 8 nitrogen and oxygen atoms in total. The van der Waals surface area contributed by atoms with E-state index in [1.807, 2.05) is 44.2 Å². The number of hydrogen-bond donors (Lipinski definition) is 3. The van der Waals surface area contributed by atoms with Crippen molar-refractivity contribution in [3.63, 3.8) is 0 Å². The van der Waals surface area contributed by atoms with Gasteiger partial charge in [0.1, 0.15) is 12.9 Å². The number of nitrogens with two attached hydrogens (primary N) is 1. The first-order valence-electron chi connectivity index (χ1n) is 11.3. The molecule has 0 aromatic rings. The Morgan fingerprint density at radius 2 is 1.94 bits per heavy atom. The molecule has 1 aliphatic carbocycles. The third kappa shape index (κ3) is 33.3. The smallest absolute Gasteiger partial charge is 0.323 e. The van der Waals surface area contributed by atoms with Crippen LogP contribution in [0.25, 0.3) is 0 Å². The minimum Gasteiger partial charge on any atom is -0.521 e. The van der Waals surface area contributed by atoms with Crippen LogP contribution < -0.4 is 16.4 Å². The fourth-order valence-corrected chi connectivity index (χ4v) is 2.48. The molecule has 0 saturated heterocycles. The van der Waals surface area contributed by atoms with E-state index < -0.39 is 5.97 Å². The van der Waals surface area contributed by atoms with Gasteiger partial charge in [0, 0.05) is 24.6 Å². The second-order valence-electron chi connectivity index (χ2n) is 6.04. The van der Waals surface area contributed by atoms with Crippen molar-refractivity contribution in [3.8, 4) is 0 Å². The van der Waals surface area contributed by atoms with E-state index in [-0.39, 0.29) is 19.1 Å². The van der Waals surface area contributed by atoms with Gasteiger partial charge in [-0.1, -0.05) is 64.0 Å². The minimum atomic E-state index is -0.471. The molecule has 0 aromatic carbocycles. The zero-order valence-corrected chi connectivity index (χ0v) is 24.1. The molecule has 0 unspecified atom stereocenters. The zero-order valence-electron chi connectivity index (χ0n) is 20.9. The predicted octanol–water partition coefficient (Wildman–Crippen LogP) is 3.19. The molecule has 0 spiro atoms. The van der Waals surface area contributed by atoms with Crippen LogP contribution >= 0.6 is 11.8 Å². The molecule has 0 saturated carbocycles. The maximum atomic E-state index is 11.1. The number of allylic oxidation sites excluding steroid dienone is 4. The van der Waals surface area contributed by atoms with Gasteiger partial charge in [-0.25, -0.2) is 0 Å². The summed E-state index contributed by atoms with van der Waals surface area (Å²) in [7, 11) is 0. The molecule has 2 amide bonds. The quantitative estimate of drug-likeness (QED) is 0.0662. The van der Waals surface area contributed by atoms with E-state index in [0.29, 0.717) is 12.3 Å². The molecular weight excluding hydrogens is 699 g/mol. The van der Waals surface area contributed by atoms with Crippen LogP contribution in [0.4, 0.5) is 0 Å². The summed E-state index contributed by atoms with van der Waals surface area (Å²) in [6.45, 7) is 8.50. The Morgan fingerprint density at radius 3 is 2.53 bits per heavy atom. The fraction of sp³-hybridized carbons (Fsp3) is 0.583. The number of unbranched alkanes of at least 4 members (excludes halogenated alkanes) is 2. The first kappa shape index (κ1) is 37.9. The van der Waals surface area contributed by atoms with E-state index >= 15 is 0 Å². The third-order valence-corrected chi connectivity index (χ3v) is 4.18. The number of hydrogen-bond acceptors (Lipinski definition) is 7. The van der Waals surface area contributed by atoms with E-state index in [9.17, 15) is 14.4 Å². The number of carbonyl (C=O) groups excluding carboxylic acids is 4. The number of carbonyl (C=O) groups is 3. The molecule has 34 heavy (non-hydrogen) atoms. The Hall–Kier alpha value is -3.39. The van der Waals surface area contributed by atoms with Crippen LogP contribution in [0.2, 0.25) is 0 Å². The first-order chi connectivity index (χ1) is 16.0. The van der Waals surface area contributed by atoms with Gasteiger partial charge in [0.25, 0.3) is 0 Å². The fourth-order valence-electron chi connectivity index (χ4n) is 1.98. The molecular formula is C24H42FmN3O5S-. The maximum absolute atomic E-state index is 11.1. The Bertz CT molecular complexity index is 585. The van der Waals surface area contributed by atoms with Gasteiger partial charge < -0.3 is 30.7 Å². The molecule has 0 fully saturated rings. The summed E-state index contributed by atoms with van der Waals surface area (Å²) in [6.07, 6.45) is 16.8. The first-order valence-corrected chi connectivity index (χ1v) is 12.4. The summed E-state index contributed by atoms with van der Waals surface area (Å²) < 4.78 is 4.91. The standard InChI is InChI=1S/C11H12NO3.C9H20N2OS.C2H4O.C2H6.Fm/c13-9-12-7-11(14)15-8-10-5-3-1-2-4-6-10;1-2-3-4-6-11-9(12)5-7-13-8-10;1-2-3;1-2;/h1,3-6H,2,7-8H2,(H,12,13);2-8,10H2,1H3,(H,11,12);2H,1H3;1-2H3;/q-1;;;;. The molecule has 0 aliphatic heterocycles. The molecule has 1 aliphatic rings. The molecule has 0 aromatic heterocycles. The van der Waals surface area contributed by atoms with Crippen molar-refractivity contribution in [1.82, 2.24) is 10.6 Å². The largest absolute Gasteiger partial charge is 0.521 e. The Balaban J connectivity index is -0.000000219. The van der Waals surface area contributed by atoms with Crippen LogP contribution in [0, 0.1) is 0 Å². The normalized spacial score (nSPS) is 10.6. The van der Waals surface area contributed by atoms with Crippen molar-refractivity contribution >= 4 is 36.3 Å². The van der Waals surface area contributed by atoms with Crippen molar-refractivity contribution in [3.05, 3.63) is 36.0 Å². The average molecular weight is 742 g/mol. The van der Waals surface area contributed by atoms with E-state index in [4.69, 9.17) is 15.3 Å². The average Bonchev–Trinajstić information content (AvgIpc) is 3.10. The van der Waals surface area contributed by atoms with E-state index in [2.05, 4.69) is 17.6 Å². The number of aldehydes is 1. The molecule has 0 radical (unpaired) electrons. The third-order valence-electron chi connectivity index (χ3n) is 3.45. The monoisotopic (exact) mass is 741 g/mol. The summed E-state index contributed by atoms with van der Waals surface area (Å²) >= 11 is 1.60. The summed E-state index contributed by atoms with van der Waals surface area (Å²) in [5.74, 6) is 1.11. The zero-order chi connectivity index (χ0) is 25.6. The van der Waals surface area contributed by atoms with Gasteiger partial charge in [-0.2, -0.15) is 6.41 Å². The van der Waals surface area contributed by atoms with Crippen molar-refractivity contribution in [1.29, 1.82) is 0 Å². The van der Waals surface area contributed by atoms with Crippen molar-refractivity contribution in [2.45, 2.75) is 59.8 Å². The summed E-state index contributed by atoms with van der Waals surface area (Å²) in [5.41, 5.74) is 6.21. The van der Waals surface area contributed by atoms with Crippen LogP contribution in [-0.2, 0) is 23.9 Å². The van der Waals surface area contributed by atoms with Crippen molar-refractivity contribution in [2.75, 3.05) is 31.3 Å². The molecule has 10 heteroatoms. The van der Waals surface area contributed by atoms with E-state index in [1.54, 1.807) is 11.8 Å². The SMILES string of the molecule is CC.CC=O.CCCCCNC(=O)CCSCN.O=[C-]NCC(=O)OCC1=CC=CCC=C1.[Fm]. The number of ether oxygens (including phenoxy) is 1. The topological polar surface area (TPSA) is 128 Å². The van der Waals surface area contributed by atoms with E-state index in [0.717, 1.165) is 37.0 Å². The van der Waals surface area contributed by atoms with Gasteiger partial charge >= 0.3 is 5.97 Å². The molecule has 0 bridgehead atoms. The van der Waals surface area contributed by atoms with Crippen LogP contribution in [0.15, 0.2) is 36.0 Å². The van der Waals surface area contributed by atoms with Crippen molar-refractivity contribution < 1.29 is 23.9 Å². The number of esters is 1. The molecule has 0 atom stereocenters. The Labute approximate surface area is 203 Å².